The number of alkyl halides is 1. The summed E-state index contributed by atoms with van der Waals surface area (Å²) in [7, 11) is 0. The van der Waals surface area contributed by atoms with Crippen LogP contribution in [-0.4, -0.2) is 50.8 Å². The number of carbonyl (C=O) groups excluding carboxylic acids is 1. The molecule has 0 radical (unpaired) electrons. The quantitative estimate of drug-likeness (QED) is 0.310. The summed E-state index contributed by atoms with van der Waals surface area (Å²) in [6.07, 6.45) is 11.2. The van der Waals surface area contributed by atoms with Gasteiger partial charge in [-0.25, -0.2) is 4.39 Å². The van der Waals surface area contributed by atoms with Crippen LogP contribution >= 0.6 is 0 Å². The minimum atomic E-state index is -1.05. The number of amides is 1. The molecule has 1 amide bonds. The summed E-state index contributed by atoms with van der Waals surface area (Å²) in [6.45, 7) is 5.86. The molecule has 2 aliphatic rings. The van der Waals surface area contributed by atoms with Gasteiger partial charge in [-0.15, -0.1) is 11.8 Å². The van der Waals surface area contributed by atoms with Crippen molar-refractivity contribution in [2.24, 2.45) is 5.92 Å². The van der Waals surface area contributed by atoms with E-state index in [0.717, 1.165) is 79.3 Å². The molecule has 1 aliphatic heterocycles. The van der Waals surface area contributed by atoms with Gasteiger partial charge in [0.1, 0.15) is 5.67 Å². The van der Waals surface area contributed by atoms with Gasteiger partial charge in [0.25, 0.3) is 5.91 Å². The zero-order chi connectivity index (χ0) is 26.5. The van der Waals surface area contributed by atoms with Crippen molar-refractivity contribution in [3.8, 4) is 23.0 Å². The minimum Gasteiger partial charge on any atom is -0.348 e. The summed E-state index contributed by atoms with van der Waals surface area (Å²) in [5.74, 6) is 6.73. The number of fused-ring (bicyclic) bond motifs is 1. The molecule has 0 spiro atoms. The SMILES string of the molecule is CC#CCC1CCCC(NC(=O)c2n[nH]c3ccc(-c4cncc(CN5CCC(C)(F)CC5)c4)cc23)CC1. The number of rotatable bonds is 6. The molecule has 3 aromatic rings. The molecule has 3 heterocycles. The van der Waals surface area contributed by atoms with Crippen LogP contribution in [0.4, 0.5) is 4.39 Å². The van der Waals surface area contributed by atoms with Gasteiger partial charge in [0.05, 0.1) is 5.52 Å². The lowest BCUT2D eigenvalue weighted by Gasteiger charge is -2.34. The highest BCUT2D eigenvalue weighted by Gasteiger charge is 2.29. The van der Waals surface area contributed by atoms with Crippen LogP contribution in [0.2, 0.25) is 0 Å². The van der Waals surface area contributed by atoms with Crippen molar-refractivity contribution < 1.29 is 9.18 Å². The third-order valence-corrected chi connectivity index (χ3v) is 8.20. The number of benzene rings is 1. The molecule has 2 aromatic heterocycles. The van der Waals surface area contributed by atoms with Gasteiger partial charge in [-0.2, -0.15) is 5.10 Å². The molecular formula is C31H38FN5O. The van der Waals surface area contributed by atoms with Crippen molar-refractivity contribution in [2.45, 2.75) is 83.5 Å². The largest absolute Gasteiger partial charge is 0.348 e. The van der Waals surface area contributed by atoms with Gasteiger partial charge in [-0.05, 0) is 87.6 Å². The fraction of sp³-hybridized carbons (Fsp3) is 0.516. The third kappa shape index (κ3) is 6.42. The molecule has 6 nitrogen and oxygen atoms in total. The molecule has 5 rings (SSSR count). The number of hydrogen-bond acceptors (Lipinski definition) is 4. The lowest BCUT2D eigenvalue weighted by atomic mass is 9.95. The Balaban J connectivity index is 1.28. The molecular weight excluding hydrogens is 477 g/mol. The Morgan fingerprint density at radius 1 is 1.16 bits per heavy atom. The van der Waals surface area contributed by atoms with E-state index in [9.17, 15) is 9.18 Å². The number of nitrogens with zero attached hydrogens (tertiary/aromatic N) is 3. The molecule has 2 unspecified atom stereocenters. The van der Waals surface area contributed by atoms with Crippen molar-refractivity contribution in [3.63, 3.8) is 0 Å². The zero-order valence-corrected chi connectivity index (χ0v) is 22.5. The number of piperidine rings is 1. The van der Waals surface area contributed by atoms with Crippen LogP contribution in [0.5, 0.6) is 0 Å². The molecule has 1 saturated heterocycles. The fourth-order valence-corrected chi connectivity index (χ4v) is 5.76. The second-order valence-corrected chi connectivity index (χ2v) is 11.3. The van der Waals surface area contributed by atoms with E-state index >= 15 is 0 Å². The summed E-state index contributed by atoms with van der Waals surface area (Å²) in [5.41, 5.74) is 3.31. The monoisotopic (exact) mass is 515 g/mol. The lowest BCUT2D eigenvalue weighted by Crippen LogP contribution is -2.39. The summed E-state index contributed by atoms with van der Waals surface area (Å²) < 4.78 is 14.2. The Kier molecular flexibility index (Phi) is 8.09. The molecule has 0 bridgehead atoms. The van der Waals surface area contributed by atoms with E-state index in [0.29, 0.717) is 24.5 Å². The first-order chi connectivity index (χ1) is 18.4. The molecule has 1 aliphatic carbocycles. The van der Waals surface area contributed by atoms with Crippen molar-refractivity contribution in [1.29, 1.82) is 0 Å². The number of aromatic amines is 1. The number of aromatic nitrogens is 3. The first kappa shape index (κ1) is 26.4. The molecule has 200 valence electrons. The first-order valence-electron chi connectivity index (χ1n) is 13.9. The molecule has 2 fully saturated rings. The highest BCUT2D eigenvalue weighted by molar-refractivity contribution is 6.05. The average Bonchev–Trinajstić information content (AvgIpc) is 3.22. The Morgan fingerprint density at radius 3 is 2.82 bits per heavy atom. The number of halogens is 1. The normalized spacial score (nSPS) is 21.9. The van der Waals surface area contributed by atoms with Gasteiger partial charge < -0.3 is 5.32 Å². The predicted octanol–water partition coefficient (Wildman–Crippen LogP) is 6.04. The Morgan fingerprint density at radius 2 is 2.00 bits per heavy atom. The predicted molar refractivity (Wildman–Crippen MR) is 149 cm³/mol. The zero-order valence-electron chi connectivity index (χ0n) is 22.5. The minimum absolute atomic E-state index is 0.123. The number of H-pyrrole nitrogens is 1. The Labute approximate surface area is 224 Å². The van der Waals surface area contributed by atoms with E-state index in [2.05, 4.69) is 43.3 Å². The van der Waals surface area contributed by atoms with E-state index in [1.807, 2.05) is 37.5 Å². The van der Waals surface area contributed by atoms with Gasteiger partial charge in [-0.3, -0.25) is 19.8 Å². The number of hydrogen-bond donors (Lipinski definition) is 2. The van der Waals surface area contributed by atoms with E-state index in [-0.39, 0.29) is 11.9 Å². The topological polar surface area (TPSA) is 73.9 Å². The number of nitrogens with one attached hydrogen (secondary N) is 2. The Bertz CT molecular complexity index is 1330. The maximum Gasteiger partial charge on any atom is 0.272 e. The van der Waals surface area contributed by atoms with Crippen LogP contribution in [0.3, 0.4) is 0 Å². The van der Waals surface area contributed by atoms with Gasteiger partial charge in [0, 0.05) is 55.4 Å². The van der Waals surface area contributed by atoms with E-state index in [1.54, 1.807) is 6.92 Å². The highest BCUT2D eigenvalue weighted by Crippen LogP contribution is 2.29. The van der Waals surface area contributed by atoms with E-state index in [1.165, 1.54) is 6.42 Å². The van der Waals surface area contributed by atoms with Crippen molar-refractivity contribution >= 4 is 16.8 Å². The van der Waals surface area contributed by atoms with Gasteiger partial charge in [-0.1, -0.05) is 12.5 Å². The summed E-state index contributed by atoms with van der Waals surface area (Å²) in [6, 6.07) is 8.34. The standard InChI is InChI=1S/C31H38FN5O/c1-3-4-6-22-7-5-8-26(11-9-22)34-30(38)29-27-18-24(10-12-28(27)35-36-29)25-17-23(19-33-20-25)21-37-15-13-31(2,32)14-16-37/h10,12,17-20,22,26H,5-9,11,13-16,21H2,1-2H3,(H,34,38)(H,35,36). The first-order valence-corrected chi connectivity index (χ1v) is 13.9. The third-order valence-electron chi connectivity index (χ3n) is 8.20. The van der Waals surface area contributed by atoms with E-state index < -0.39 is 5.67 Å². The average molecular weight is 516 g/mol. The second-order valence-electron chi connectivity index (χ2n) is 11.3. The second kappa shape index (κ2) is 11.7. The lowest BCUT2D eigenvalue weighted by molar-refractivity contribution is 0.0704. The summed E-state index contributed by atoms with van der Waals surface area (Å²) in [4.78, 5) is 20.0. The van der Waals surface area contributed by atoms with Gasteiger partial charge in [0.15, 0.2) is 5.69 Å². The van der Waals surface area contributed by atoms with Crippen LogP contribution < -0.4 is 5.32 Å². The Hall–Kier alpha value is -3.24. The van der Waals surface area contributed by atoms with Crippen LogP contribution in [-0.2, 0) is 6.54 Å². The number of likely N-dealkylation sites (tertiary alicyclic amines) is 1. The van der Waals surface area contributed by atoms with Crippen molar-refractivity contribution in [1.82, 2.24) is 25.4 Å². The van der Waals surface area contributed by atoms with Gasteiger partial charge >= 0.3 is 0 Å². The molecule has 2 N–H and O–H groups in total. The number of carbonyl (C=O) groups is 1. The fourth-order valence-electron chi connectivity index (χ4n) is 5.76. The highest BCUT2D eigenvalue weighted by atomic mass is 19.1. The summed E-state index contributed by atoms with van der Waals surface area (Å²) >= 11 is 0. The van der Waals surface area contributed by atoms with Crippen LogP contribution in [0.15, 0.2) is 36.7 Å². The molecule has 1 saturated carbocycles. The van der Waals surface area contributed by atoms with Crippen molar-refractivity contribution in [3.05, 3.63) is 47.9 Å². The number of pyridine rings is 1. The van der Waals surface area contributed by atoms with Crippen molar-refractivity contribution in [2.75, 3.05) is 13.1 Å². The van der Waals surface area contributed by atoms with Crippen LogP contribution in [0, 0.1) is 17.8 Å². The smallest absolute Gasteiger partial charge is 0.272 e. The maximum absolute atomic E-state index is 14.2. The maximum atomic E-state index is 14.2. The van der Waals surface area contributed by atoms with Gasteiger partial charge in [0.2, 0.25) is 0 Å². The molecule has 7 heteroatoms. The van der Waals surface area contributed by atoms with E-state index in [4.69, 9.17) is 0 Å². The van der Waals surface area contributed by atoms with Crippen LogP contribution in [0.1, 0.15) is 81.3 Å². The van der Waals surface area contributed by atoms with Crippen LogP contribution in [0.25, 0.3) is 22.0 Å². The molecule has 2 atom stereocenters. The summed E-state index contributed by atoms with van der Waals surface area (Å²) in [5, 5.41) is 11.5. The molecule has 1 aromatic carbocycles. The molecule has 38 heavy (non-hydrogen) atoms.